The van der Waals surface area contributed by atoms with Crippen molar-refractivity contribution in [1.29, 1.82) is 0 Å². The van der Waals surface area contributed by atoms with E-state index in [0.717, 1.165) is 0 Å². The molecule has 0 heterocycles. The van der Waals surface area contributed by atoms with Crippen LogP contribution in [0.2, 0.25) is 0 Å². The molecule has 0 aromatic carbocycles. The fourth-order valence-corrected chi connectivity index (χ4v) is 0.314. The van der Waals surface area contributed by atoms with Crippen molar-refractivity contribution in [3.63, 3.8) is 0 Å². The normalized spacial score (nSPS) is 7.69. The first-order valence-electron chi connectivity index (χ1n) is 3.82. The lowest BCUT2D eigenvalue weighted by atomic mass is 10.3. The predicted octanol–water partition coefficient (Wildman–Crippen LogP) is -0.536. The van der Waals surface area contributed by atoms with Crippen molar-refractivity contribution >= 4 is 17.6 Å². The van der Waals surface area contributed by atoms with Crippen LogP contribution in [0.5, 0.6) is 0 Å². The average Bonchev–Trinajstić information content (AvgIpc) is 2.04. The lowest BCUT2D eigenvalue weighted by Gasteiger charge is -1.91. The predicted molar refractivity (Wildman–Crippen MR) is 49.1 cm³/mol. The molecule has 2 N–H and O–H groups in total. The van der Waals surface area contributed by atoms with Crippen molar-refractivity contribution in [3.05, 3.63) is 0 Å². The van der Waals surface area contributed by atoms with Crippen LogP contribution in [0.15, 0.2) is 0 Å². The fraction of sp³-hybridized carbons (Fsp3) is 0.625. The highest BCUT2D eigenvalue weighted by molar-refractivity contribution is 5.96. The Bertz CT molecular complexity index is 190. The van der Waals surface area contributed by atoms with Gasteiger partial charge in [-0.25, -0.2) is 0 Å². The van der Waals surface area contributed by atoms with Gasteiger partial charge in [-0.1, -0.05) is 0 Å². The topological polar surface area (TPSA) is 75.3 Å². The quantitative estimate of drug-likeness (QED) is 0.572. The van der Waals surface area contributed by atoms with Gasteiger partial charge in [0.15, 0.2) is 0 Å². The van der Waals surface area contributed by atoms with Gasteiger partial charge in [-0.15, -0.1) is 0 Å². The number of hydrogen-bond donors (Lipinski definition) is 2. The molecule has 0 bridgehead atoms. The zero-order chi connectivity index (χ0) is 10.9. The molecular weight excluding hydrogens is 172 g/mol. The Morgan fingerprint density at radius 2 is 1.38 bits per heavy atom. The summed E-state index contributed by atoms with van der Waals surface area (Å²) in [5, 5.41) is 4.73. The molecule has 5 heteroatoms. The minimum Gasteiger partial charge on any atom is -0.359 e. The summed E-state index contributed by atoms with van der Waals surface area (Å²) in [6.45, 7) is 2.86. The maximum absolute atomic E-state index is 10.3. The van der Waals surface area contributed by atoms with Gasteiger partial charge in [0.05, 0.1) is 6.42 Å². The third-order valence-corrected chi connectivity index (χ3v) is 1.04. The molecule has 0 aliphatic heterocycles. The zero-order valence-electron chi connectivity index (χ0n) is 8.43. The van der Waals surface area contributed by atoms with Crippen LogP contribution in [-0.4, -0.2) is 31.7 Å². The molecule has 0 spiro atoms. The first-order chi connectivity index (χ1) is 5.93. The minimum absolute atomic E-state index is 0.00347. The summed E-state index contributed by atoms with van der Waals surface area (Å²) < 4.78 is 0. The van der Waals surface area contributed by atoms with Gasteiger partial charge in [-0.3, -0.25) is 14.4 Å². The Morgan fingerprint density at radius 1 is 1.00 bits per heavy atom. The van der Waals surface area contributed by atoms with Gasteiger partial charge in [0.25, 0.3) is 0 Å². The Balaban J connectivity index is 0. The van der Waals surface area contributed by atoms with Gasteiger partial charge in [-0.2, -0.15) is 0 Å². The van der Waals surface area contributed by atoms with E-state index >= 15 is 0 Å². The summed E-state index contributed by atoms with van der Waals surface area (Å²) in [5.74, 6) is -0.327. The van der Waals surface area contributed by atoms with Crippen LogP contribution in [0.25, 0.3) is 0 Å². The van der Waals surface area contributed by atoms with Crippen LogP contribution >= 0.6 is 0 Å². The van der Waals surface area contributed by atoms with E-state index < -0.39 is 0 Å². The van der Waals surface area contributed by atoms with E-state index in [1.807, 2.05) is 0 Å². The van der Waals surface area contributed by atoms with Crippen molar-refractivity contribution < 1.29 is 14.4 Å². The highest BCUT2D eigenvalue weighted by Gasteiger charge is 1.99. The molecule has 0 saturated carbocycles. The van der Waals surface area contributed by atoms with E-state index in [1.54, 1.807) is 7.05 Å². The summed E-state index contributed by atoms with van der Waals surface area (Å²) in [7, 11) is 3.10. The smallest absolute Gasteiger partial charge is 0.227 e. The second-order valence-electron chi connectivity index (χ2n) is 2.36. The summed E-state index contributed by atoms with van der Waals surface area (Å²) >= 11 is 0. The molecule has 0 unspecified atom stereocenters. The standard InChI is InChI=1S/C5H9NO2.C3H7NO/c1-4(7)3-5(8)6-2;1-3(5)4-2/h3H2,1-2H3,(H,6,8);1-2H3,(H,4,5). The van der Waals surface area contributed by atoms with Gasteiger partial charge >= 0.3 is 0 Å². The highest BCUT2D eigenvalue weighted by Crippen LogP contribution is 1.78. The molecule has 2 amide bonds. The molecule has 5 nitrogen and oxygen atoms in total. The molecule has 0 rings (SSSR count). The van der Waals surface area contributed by atoms with Gasteiger partial charge in [0.2, 0.25) is 11.8 Å². The van der Waals surface area contributed by atoms with Crippen LogP contribution in [0, 0.1) is 0 Å². The first kappa shape index (κ1) is 14.2. The van der Waals surface area contributed by atoms with Crippen molar-refractivity contribution in [2.24, 2.45) is 0 Å². The zero-order valence-corrected chi connectivity index (χ0v) is 8.43. The Hall–Kier alpha value is -1.39. The summed E-state index contributed by atoms with van der Waals surface area (Å²) in [6.07, 6.45) is -0.00347. The Labute approximate surface area is 77.9 Å². The Kier molecular flexibility index (Phi) is 9.48. The van der Waals surface area contributed by atoms with E-state index in [1.165, 1.54) is 20.9 Å². The van der Waals surface area contributed by atoms with E-state index in [2.05, 4.69) is 10.6 Å². The number of ketones is 1. The monoisotopic (exact) mass is 188 g/mol. The van der Waals surface area contributed by atoms with Crippen LogP contribution in [-0.2, 0) is 14.4 Å². The van der Waals surface area contributed by atoms with Crippen LogP contribution in [0.1, 0.15) is 20.3 Å². The van der Waals surface area contributed by atoms with Gasteiger partial charge in [0.1, 0.15) is 5.78 Å². The Morgan fingerprint density at radius 3 is 1.46 bits per heavy atom. The minimum atomic E-state index is -0.225. The SMILES string of the molecule is CNC(=O)CC(C)=O.CNC(C)=O. The molecule has 76 valence electrons. The fourth-order valence-electron chi connectivity index (χ4n) is 0.314. The molecule has 0 radical (unpaired) electrons. The second-order valence-corrected chi connectivity index (χ2v) is 2.36. The lowest BCUT2D eigenvalue weighted by molar-refractivity contribution is -0.127. The summed E-state index contributed by atoms with van der Waals surface area (Å²) in [6, 6.07) is 0. The maximum Gasteiger partial charge on any atom is 0.227 e. The molecule has 0 aromatic heterocycles. The third kappa shape index (κ3) is 18.0. The average molecular weight is 188 g/mol. The molecule has 0 aromatic rings. The maximum atomic E-state index is 10.3. The number of rotatable bonds is 2. The van der Waals surface area contributed by atoms with Crippen molar-refractivity contribution in [1.82, 2.24) is 10.6 Å². The van der Waals surface area contributed by atoms with Crippen molar-refractivity contribution in [2.45, 2.75) is 20.3 Å². The van der Waals surface area contributed by atoms with E-state index in [0.29, 0.717) is 0 Å². The van der Waals surface area contributed by atoms with Crippen LogP contribution in [0.3, 0.4) is 0 Å². The summed E-state index contributed by atoms with van der Waals surface area (Å²) in [5.41, 5.74) is 0. The number of hydrogen-bond acceptors (Lipinski definition) is 3. The van der Waals surface area contributed by atoms with Crippen molar-refractivity contribution in [3.8, 4) is 0 Å². The van der Waals surface area contributed by atoms with Crippen molar-refractivity contribution in [2.75, 3.05) is 14.1 Å². The second kappa shape index (κ2) is 8.70. The van der Waals surface area contributed by atoms with E-state index in [9.17, 15) is 14.4 Å². The number of amides is 2. The molecule has 0 aliphatic carbocycles. The largest absolute Gasteiger partial charge is 0.359 e. The van der Waals surface area contributed by atoms with Crippen LogP contribution in [0.4, 0.5) is 0 Å². The molecular formula is C8H16N2O3. The van der Waals surface area contributed by atoms with Gasteiger partial charge in [0, 0.05) is 21.0 Å². The molecule has 0 saturated heterocycles. The third-order valence-electron chi connectivity index (χ3n) is 1.04. The highest BCUT2D eigenvalue weighted by atomic mass is 16.2. The number of carbonyl (C=O) groups excluding carboxylic acids is 3. The van der Waals surface area contributed by atoms with E-state index in [-0.39, 0.29) is 24.0 Å². The molecule has 0 fully saturated rings. The lowest BCUT2D eigenvalue weighted by Crippen LogP contribution is -2.19. The number of nitrogens with one attached hydrogen (secondary N) is 2. The molecule has 0 atom stereocenters. The van der Waals surface area contributed by atoms with Gasteiger partial charge in [-0.05, 0) is 6.92 Å². The number of Topliss-reactive ketones (excluding diaryl/α,β-unsaturated/α-hetero) is 1. The first-order valence-corrected chi connectivity index (χ1v) is 3.82. The van der Waals surface area contributed by atoms with Crippen LogP contribution < -0.4 is 10.6 Å². The molecule has 13 heavy (non-hydrogen) atoms. The van der Waals surface area contributed by atoms with E-state index in [4.69, 9.17) is 0 Å². The summed E-state index contributed by atoms with van der Waals surface area (Å²) in [4.78, 5) is 30.1. The number of carbonyl (C=O) groups is 3. The van der Waals surface area contributed by atoms with Gasteiger partial charge < -0.3 is 10.6 Å². The molecule has 0 aliphatic rings.